The van der Waals surface area contributed by atoms with Crippen molar-refractivity contribution >= 4 is 16.9 Å². The second-order valence-electron chi connectivity index (χ2n) is 5.57. The third-order valence-electron chi connectivity index (χ3n) is 4.15. The second kappa shape index (κ2) is 5.83. The van der Waals surface area contributed by atoms with E-state index in [1.807, 2.05) is 17.7 Å². The summed E-state index contributed by atoms with van der Waals surface area (Å²) in [4.78, 5) is 18.6. The standard InChI is InChI=1S/C15H20N4O2/c1-18-13-9-11(15(20)17-21)5-6-12(13)16-14(18)10-19-7-3-2-4-8-19/h5-6,9,21H,2-4,7-8,10H2,1H3,(H,17,20). The predicted octanol–water partition coefficient (Wildman–Crippen LogP) is 1.68. The van der Waals surface area contributed by atoms with Gasteiger partial charge in [-0.3, -0.25) is 14.9 Å². The summed E-state index contributed by atoms with van der Waals surface area (Å²) in [7, 11) is 1.97. The number of hydroxylamine groups is 1. The molecule has 112 valence electrons. The topological polar surface area (TPSA) is 70.4 Å². The van der Waals surface area contributed by atoms with Gasteiger partial charge in [-0.15, -0.1) is 0 Å². The number of piperidine rings is 1. The van der Waals surface area contributed by atoms with Gasteiger partial charge in [-0.1, -0.05) is 6.42 Å². The van der Waals surface area contributed by atoms with E-state index >= 15 is 0 Å². The Morgan fingerprint density at radius 2 is 2.10 bits per heavy atom. The minimum atomic E-state index is -0.504. The van der Waals surface area contributed by atoms with Gasteiger partial charge in [-0.05, 0) is 44.1 Å². The van der Waals surface area contributed by atoms with Crippen LogP contribution in [0, 0.1) is 0 Å². The average Bonchev–Trinajstić information content (AvgIpc) is 2.83. The maximum absolute atomic E-state index is 11.5. The molecule has 0 bridgehead atoms. The molecule has 6 heteroatoms. The summed E-state index contributed by atoms with van der Waals surface area (Å²) in [6.45, 7) is 3.09. The van der Waals surface area contributed by atoms with Crippen LogP contribution in [-0.2, 0) is 13.6 Å². The fraction of sp³-hybridized carbons (Fsp3) is 0.467. The summed E-state index contributed by atoms with van der Waals surface area (Å²) in [5.74, 6) is 0.504. The van der Waals surface area contributed by atoms with Crippen LogP contribution in [0.3, 0.4) is 0 Å². The van der Waals surface area contributed by atoms with E-state index in [0.717, 1.165) is 36.5 Å². The molecule has 3 rings (SSSR count). The smallest absolute Gasteiger partial charge is 0.274 e. The third-order valence-corrected chi connectivity index (χ3v) is 4.15. The Hall–Kier alpha value is -1.92. The van der Waals surface area contributed by atoms with E-state index in [1.165, 1.54) is 19.3 Å². The van der Waals surface area contributed by atoms with Crippen molar-refractivity contribution in [3.05, 3.63) is 29.6 Å². The first-order valence-electron chi connectivity index (χ1n) is 7.31. The molecule has 0 atom stereocenters. The first-order valence-corrected chi connectivity index (χ1v) is 7.31. The summed E-state index contributed by atoms with van der Waals surface area (Å²) in [5, 5.41) is 8.72. The van der Waals surface area contributed by atoms with Gasteiger partial charge >= 0.3 is 0 Å². The molecule has 1 fully saturated rings. The first-order chi connectivity index (χ1) is 10.2. The number of likely N-dealkylation sites (tertiary alicyclic amines) is 1. The highest BCUT2D eigenvalue weighted by Crippen LogP contribution is 2.19. The minimum absolute atomic E-state index is 0.428. The lowest BCUT2D eigenvalue weighted by Crippen LogP contribution is -2.30. The van der Waals surface area contributed by atoms with Crippen molar-refractivity contribution in [3.63, 3.8) is 0 Å². The van der Waals surface area contributed by atoms with Gasteiger partial charge < -0.3 is 4.57 Å². The molecule has 6 nitrogen and oxygen atoms in total. The number of aromatic nitrogens is 2. The number of rotatable bonds is 3. The zero-order valence-corrected chi connectivity index (χ0v) is 12.2. The van der Waals surface area contributed by atoms with Crippen LogP contribution < -0.4 is 5.48 Å². The lowest BCUT2D eigenvalue weighted by Gasteiger charge is -2.25. The Bertz CT molecular complexity index is 659. The fourth-order valence-electron chi connectivity index (χ4n) is 2.90. The van der Waals surface area contributed by atoms with E-state index in [4.69, 9.17) is 5.21 Å². The SMILES string of the molecule is Cn1c(CN2CCCCC2)nc2ccc(C(=O)NO)cc21. The number of carbonyl (C=O) groups is 1. The number of imidazole rings is 1. The van der Waals surface area contributed by atoms with Gasteiger partial charge in [0.15, 0.2) is 0 Å². The van der Waals surface area contributed by atoms with E-state index in [0.29, 0.717) is 5.56 Å². The monoisotopic (exact) mass is 288 g/mol. The highest BCUT2D eigenvalue weighted by Gasteiger charge is 2.15. The van der Waals surface area contributed by atoms with Gasteiger partial charge in [0, 0.05) is 12.6 Å². The van der Waals surface area contributed by atoms with Crippen molar-refractivity contribution in [3.8, 4) is 0 Å². The van der Waals surface area contributed by atoms with Crippen molar-refractivity contribution in [1.82, 2.24) is 19.9 Å². The van der Waals surface area contributed by atoms with Gasteiger partial charge in [-0.2, -0.15) is 0 Å². The van der Waals surface area contributed by atoms with Gasteiger partial charge in [-0.25, -0.2) is 10.5 Å². The van der Waals surface area contributed by atoms with E-state index in [2.05, 4.69) is 9.88 Å². The molecule has 1 aliphatic rings. The molecule has 1 aromatic carbocycles. The number of carbonyl (C=O) groups excluding carboxylic acids is 1. The molecule has 0 spiro atoms. The Balaban J connectivity index is 1.89. The lowest BCUT2D eigenvalue weighted by molar-refractivity contribution is 0.0706. The number of hydrogen-bond donors (Lipinski definition) is 2. The van der Waals surface area contributed by atoms with Gasteiger partial charge in [0.1, 0.15) is 5.82 Å². The van der Waals surface area contributed by atoms with E-state index in [9.17, 15) is 4.79 Å². The highest BCUT2D eigenvalue weighted by atomic mass is 16.5. The van der Waals surface area contributed by atoms with Crippen LogP contribution in [0.1, 0.15) is 35.4 Å². The van der Waals surface area contributed by atoms with Crippen molar-refractivity contribution in [1.29, 1.82) is 0 Å². The van der Waals surface area contributed by atoms with E-state index in [-0.39, 0.29) is 0 Å². The molecule has 1 aromatic heterocycles. The molecule has 0 saturated carbocycles. The molecule has 2 heterocycles. The number of nitrogens with one attached hydrogen (secondary N) is 1. The van der Waals surface area contributed by atoms with Crippen LogP contribution in [0.15, 0.2) is 18.2 Å². The van der Waals surface area contributed by atoms with Gasteiger partial charge in [0.2, 0.25) is 0 Å². The maximum Gasteiger partial charge on any atom is 0.274 e. The second-order valence-corrected chi connectivity index (χ2v) is 5.57. The number of aryl methyl sites for hydroxylation is 1. The van der Waals surface area contributed by atoms with Crippen molar-refractivity contribution < 1.29 is 10.0 Å². The van der Waals surface area contributed by atoms with Crippen LogP contribution in [0.4, 0.5) is 0 Å². The molecule has 0 unspecified atom stereocenters. The Labute approximate surface area is 123 Å². The zero-order valence-electron chi connectivity index (χ0n) is 12.2. The summed E-state index contributed by atoms with van der Waals surface area (Å²) in [6, 6.07) is 5.25. The molecule has 2 aromatic rings. The predicted molar refractivity (Wildman–Crippen MR) is 79.1 cm³/mol. The van der Waals surface area contributed by atoms with Gasteiger partial charge in [0.05, 0.1) is 17.6 Å². The average molecular weight is 288 g/mol. The lowest BCUT2D eigenvalue weighted by atomic mass is 10.1. The number of benzene rings is 1. The highest BCUT2D eigenvalue weighted by molar-refractivity contribution is 5.96. The molecule has 1 aliphatic heterocycles. The molecular weight excluding hydrogens is 268 g/mol. The fourth-order valence-corrected chi connectivity index (χ4v) is 2.90. The molecule has 2 N–H and O–H groups in total. The van der Waals surface area contributed by atoms with Crippen LogP contribution in [0.2, 0.25) is 0 Å². The molecule has 0 aliphatic carbocycles. The van der Waals surface area contributed by atoms with Crippen molar-refractivity contribution in [2.45, 2.75) is 25.8 Å². The quantitative estimate of drug-likeness (QED) is 0.666. The molecule has 1 amide bonds. The maximum atomic E-state index is 11.5. The Morgan fingerprint density at radius 3 is 2.81 bits per heavy atom. The van der Waals surface area contributed by atoms with E-state index < -0.39 is 5.91 Å². The largest absolute Gasteiger partial charge is 0.330 e. The van der Waals surface area contributed by atoms with Crippen LogP contribution in [0.25, 0.3) is 11.0 Å². The normalized spacial score (nSPS) is 16.3. The molecule has 1 saturated heterocycles. The number of amides is 1. The minimum Gasteiger partial charge on any atom is -0.330 e. The third kappa shape index (κ3) is 2.77. The Morgan fingerprint density at radius 1 is 1.33 bits per heavy atom. The summed E-state index contributed by atoms with van der Waals surface area (Å²) < 4.78 is 2.03. The summed E-state index contributed by atoms with van der Waals surface area (Å²) >= 11 is 0. The van der Waals surface area contributed by atoms with E-state index in [1.54, 1.807) is 17.6 Å². The first kappa shape index (κ1) is 14.0. The van der Waals surface area contributed by atoms with Crippen LogP contribution in [0.5, 0.6) is 0 Å². The summed E-state index contributed by atoms with van der Waals surface area (Å²) in [6.07, 6.45) is 3.83. The summed E-state index contributed by atoms with van der Waals surface area (Å²) in [5.41, 5.74) is 3.87. The van der Waals surface area contributed by atoms with Crippen molar-refractivity contribution in [2.24, 2.45) is 7.05 Å². The van der Waals surface area contributed by atoms with Crippen LogP contribution in [-0.4, -0.2) is 38.7 Å². The Kier molecular flexibility index (Phi) is 3.90. The number of fused-ring (bicyclic) bond motifs is 1. The van der Waals surface area contributed by atoms with Crippen LogP contribution >= 0.6 is 0 Å². The van der Waals surface area contributed by atoms with Gasteiger partial charge in [0.25, 0.3) is 5.91 Å². The number of hydrogen-bond acceptors (Lipinski definition) is 4. The van der Waals surface area contributed by atoms with Crippen molar-refractivity contribution in [2.75, 3.05) is 13.1 Å². The molecule has 0 radical (unpaired) electrons. The molecule has 21 heavy (non-hydrogen) atoms. The number of nitrogens with zero attached hydrogens (tertiary/aromatic N) is 3. The molecular formula is C15H20N4O2. The zero-order chi connectivity index (χ0) is 14.8.